The highest BCUT2D eigenvalue weighted by molar-refractivity contribution is 5.78. The number of amides is 2. The van der Waals surface area contributed by atoms with E-state index in [1.54, 1.807) is 6.92 Å². The molecule has 1 N–H and O–H groups in total. The number of benzene rings is 1. The van der Waals surface area contributed by atoms with Gasteiger partial charge in [0.2, 0.25) is 17.7 Å². The number of nitrogens with zero attached hydrogens (tertiary/aromatic N) is 4. The molecule has 2 aliphatic rings. The average molecular weight is 470 g/mol. The maximum Gasteiger partial charge on any atom is 0.244 e. The van der Waals surface area contributed by atoms with E-state index >= 15 is 0 Å². The zero-order chi connectivity index (χ0) is 24.1. The van der Waals surface area contributed by atoms with Gasteiger partial charge in [-0.3, -0.25) is 14.5 Å². The predicted octanol–water partition coefficient (Wildman–Crippen LogP) is 2.58. The summed E-state index contributed by atoms with van der Waals surface area (Å²) in [7, 11) is 0. The van der Waals surface area contributed by atoms with Crippen LogP contribution in [0.1, 0.15) is 50.9 Å². The lowest BCUT2D eigenvalue weighted by Gasteiger charge is -2.40. The van der Waals surface area contributed by atoms with Gasteiger partial charge in [0.05, 0.1) is 19.1 Å². The Morgan fingerprint density at radius 2 is 1.97 bits per heavy atom. The van der Waals surface area contributed by atoms with E-state index in [0.717, 1.165) is 44.6 Å². The third-order valence-electron chi connectivity index (χ3n) is 6.85. The Balaban J connectivity index is 1.34. The molecule has 3 heterocycles. The monoisotopic (exact) mass is 469 g/mol. The molecule has 1 aromatic carbocycles. The first-order chi connectivity index (χ1) is 16.3. The van der Waals surface area contributed by atoms with Gasteiger partial charge in [-0.05, 0) is 43.7 Å². The second-order valence-electron chi connectivity index (χ2n) is 9.80. The average Bonchev–Trinajstić information content (AvgIpc) is 3.41. The molecule has 4 rings (SSSR count). The van der Waals surface area contributed by atoms with Crippen LogP contribution >= 0.6 is 0 Å². The van der Waals surface area contributed by atoms with Crippen LogP contribution < -0.4 is 10.1 Å². The van der Waals surface area contributed by atoms with E-state index in [9.17, 15) is 9.59 Å². The molecule has 9 heteroatoms. The van der Waals surface area contributed by atoms with Gasteiger partial charge < -0.3 is 19.5 Å². The molecule has 1 unspecified atom stereocenters. The van der Waals surface area contributed by atoms with E-state index in [1.807, 2.05) is 49.1 Å². The summed E-state index contributed by atoms with van der Waals surface area (Å²) < 4.78 is 11.2. The van der Waals surface area contributed by atoms with Crippen LogP contribution in [0.2, 0.25) is 0 Å². The molecule has 1 aromatic heterocycles. The topological polar surface area (TPSA) is 101 Å². The molecular formula is C25H35N5O4. The summed E-state index contributed by atoms with van der Waals surface area (Å²) in [4.78, 5) is 33.8. The molecule has 2 aliphatic heterocycles. The Bertz CT molecular complexity index is 969. The molecule has 2 fully saturated rings. The molecule has 1 spiro atoms. The van der Waals surface area contributed by atoms with E-state index in [4.69, 9.17) is 9.26 Å². The van der Waals surface area contributed by atoms with Crippen molar-refractivity contribution in [2.45, 2.75) is 46.1 Å². The summed E-state index contributed by atoms with van der Waals surface area (Å²) in [6.07, 6.45) is 2.68. The fraction of sp³-hybridized carbons (Fsp3) is 0.600. The third kappa shape index (κ3) is 5.75. The number of rotatable bonds is 8. The van der Waals surface area contributed by atoms with Gasteiger partial charge in [0.15, 0.2) is 5.82 Å². The van der Waals surface area contributed by atoms with E-state index < -0.39 is 0 Å². The molecule has 184 valence electrons. The number of likely N-dealkylation sites (tertiary alicyclic amines) is 2. The first-order valence-electron chi connectivity index (χ1n) is 12.1. The van der Waals surface area contributed by atoms with Gasteiger partial charge in [-0.25, -0.2) is 0 Å². The van der Waals surface area contributed by atoms with E-state index in [0.29, 0.717) is 24.9 Å². The first kappa shape index (κ1) is 24.2. The van der Waals surface area contributed by atoms with Gasteiger partial charge in [-0.1, -0.05) is 37.2 Å². The van der Waals surface area contributed by atoms with Gasteiger partial charge in [-0.2, -0.15) is 4.98 Å². The summed E-state index contributed by atoms with van der Waals surface area (Å²) in [5, 5.41) is 6.93. The Morgan fingerprint density at radius 3 is 2.62 bits per heavy atom. The quantitative estimate of drug-likeness (QED) is 0.593. The van der Waals surface area contributed by atoms with Crippen LogP contribution in [0.4, 0.5) is 0 Å². The lowest BCUT2D eigenvalue weighted by Crippen LogP contribution is -2.46. The molecule has 9 nitrogen and oxygen atoms in total. The third-order valence-corrected chi connectivity index (χ3v) is 6.85. The molecule has 0 aliphatic carbocycles. The van der Waals surface area contributed by atoms with Gasteiger partial charge in [0.1, 0.15) is 12.4 Å². The molecular weight excluding hydrogens is 434 g/mol. The summed E-state index contributed by atoms with van der Waals surface area (Å²) in [6, 6.07) is 9.45. The van der Waals surface area contributed by atoms with Crippen LogP contribution in [-0.4, -0.2) is 71.1 Å². The van der Waals surface area contributed by atoms with Crippen molar-refractivity contribution < 1.29 is 18.8 Å². The van der Waals surface area contributed by atoms with Crippen molar-refractivity contribution in [1.82, 2.24) is 25.3 Å². The summed E-state index contributed by atoms with van der Waals surface area (Å²) in [5.74, 6) is 2.12. The minimum Gasteiger partial charge on any atom is -0.492 e. The second-order valence-corrected chi connectivity index (χ2v) is 9.80. The Morgan fingerprint density at radius 1 is 1.24 bits per heavy atom. The van der Waals surface area contributed by atoms with E-state index in [2.05, 4.69) is 20.4 Å². The number of hydrogen-bond acceptors (Lipinski definition) is 7. The Labute approximate surface area is 200 Å². The minimum atomic E-state index is -0.0973. The number of hydrogen-bond donors (Lipinski definition) is 1. The molecule has 2 saturated heterocycles. The number of ether oxygens (including phenoxy) is 1. The zero-order valence-corrected chi connectivity index (χ0v) is 20.3. The fourth-order valence-corrected chi connectivity index (χ4v) is 5.05. The summed E-state index contributed by atoms with van der Waals surface area (Å²) in [5.41, 5.74) is 0.0392. The van der Waals surface area contributed by atoms with Crippen LogP contribution in [0, 0.1) is 18.3 Å². The number of para-hydroxylation sites is 1. The SMILES string of the molecule is Cc1noc(C2CC3(CCN(C(=O)C(C)C)CC3)CN2CC(=O)NCCOc2ccccc2)n1. The van der Waals surface area contributed by atoms with Gasteiger partial charge >= 0.3 is 0 Å². The number of aryl methyl sites for hydroxylation is 1. The summed E-state index contributed by atoms with van der Waals surface area (Å²) in [6.45, 7) is 9.08. The highest BCUT2D eigenvalue weighted by Crippen LogP contribution is 2.48. The van der Waals surface area contributed by atoms with Crippen molar-refractivity contribution in [2.75, 3.05) is 39.3 Å². The van der Waals surface area contributed by atoms with Gasteiger partial charge in [0, 0.05) is 25.6 Å². The van der Waals surface area contributed by atoms with Crippen molar-refractivity contribution in [3.05, 3.63) is 42.0 Å². The number of nitrogens with one attached hydrogen (secondary N) is 1. The van der Waals surface area contributed by atoms with E-state index in [1.165, 1.54) is 0 Å². The van der Waals surface area contributed by atoms with Crippen molar-refractivity contribution in [3.63, 3.8) is 0 Å². The standard InChI is InChI=1S/C25H35N5O4/c1-18(2)24(32)29-12-9-25(10-13-29)15-21(23-27-19(3)28-34-23)30(17-25)16-22(31)26-11-14-33-20-7-5-4-6-8-20/h4-8,18,21H,9-17H2,1-3H3,(H,26,31). The normalized spacial score (nSPS) is 20.1. The highest BCUT2D eigenvalue weighted by Gasteiger charge is 2.48. The fourth-order valence-electron chi connectivity index (χ4n) is 5.05. The van der Waals surface area contributed by atoms with Gasteiger partial charge in [0.25, 0.3) is 0 Å². The van der Waals surface area contributed by atoms with Crippen LogP contribution in [0.15, 0.2) is 34.9 Å². The van der Waals surface area contributed by atoms with Crippen molar-refractivity contribution >= 4 is 11.8 Å². The largest absolute Gasteiger partial charge is 0.492 e. The van der Waals surface area contributed by atoms with E-state index in [-0.39, 0.29) is 35.7 Å². The zero-order valence-electron chi connectivity index (χ0n) is 20.3. The van der Waals surface area contributed by atoms with Crippen LogP contribution in [-0.2, 0) is 9.59 Å². The van der Waals surface area contributed by atoms with Crippen molar-refractivity contribution in [3.8, 4) is 5.75 Å². The smallest absolute Gasteiger partial charge is 0.244 e. The maximum absolute atomic E-state index is 12.8. The second kappa shape index (κ2) is 10.5. The lowest BCUT2D eigenvalue weighted by atomic mass is 9.76. The maximum atomic E-state index is 12.8. The minimum absolute atomic E-state index is 0.0119. The van der Waals surface area contributed by atoms with Gasteiger partial charge in [-0.15, -0.1) is 0 Å². The first-order valence-corrected chi connectivity index (χ1v) is 12.1. The molecule has 0 radical (unpaired) electrons. The lowest BCUT2D eigenvalue weighted by molar-refractivity contribution is -0.136. The summed E-state index contributed by atoms with van der Waals surface area (Å²) >= 11 is 0. The van der Waals surface area contributed by atoms with Crippen LogP contribution in [0.3, 0.4) is 0 Å². The Kier molecular flexibility index (Phi) is 7.50. The molecule has 0 bridgehead atoms. The van der Waals surface area contributed by atoms with Crippen molar-refractivity contribution in [2.24, 2.45) is 11.3 Å². The van der Waals surface area contributed by atoms with Crippen LogP contribution in [0.25, 0.3) is 0 Å². The molecule has 2 aromatic rings. The highest BCUT2D eigenvalue weighted by atomic mass is 16.5. The van der Waals surface area contributed by atoms with Crippen LogP contribution in [0.5, 0.6) is 5.75 Å². The number of piperidine rings is 1. The number of carbonyl (C=O) groups is 2. The van der Waals surface area contributed by atoms with Crippen molar-refractivity contribution in [1.29, 1.82) is 0 Å². The molecule has 34 heavy (non-hydrogen) atoms. The molecule has 2 amide bonds. The molecule has 1 atom stereocenters. The Hall–Kier alpha value is -2.94. The number of aromatic nitrogens is 2. The number of carbonyl (C=O) groups excluding carboxylic acids is 2. The predicted molar refractivity (Wildman–Crippen MR) is 126 cm³/mol. The molecule has 0 saturated carbocycles.